The molecule has 0 radical (unpaired) electrons. The molecule has 3 nitrogen and oxygen atoms in total. The van der Waals surface area contributed by atoms with Crippen LogP contribution in [0.1, 0.15) is 42.5 Å². The van der Waals surface area contributed by atoms with E-state index in [1.54, 1.807) is 24.3 Å². The molecule has 1 fully saturated rings. The number of esters is 1. The highest BCUT2D eigenvalue weighted by Gasteiger charge is 2.36. The van der Waals surface area contributed by atoms with Gasteiger partial charge in [0.15, 0.2) is 5.60 Å². The Bertz CT molecular complexity index is 470. The van der Waals surface area contributed by atoms with Crippen molar-refractivity contribution in [2.75, 3.05) is 0 Å². The number of carbonyl (C=O) groups excluding carboxylic acids is 1. The van der Waals surface area contributed by atoms with Crippen LogP contribution in [-0.2, 0) is 4.74 Å². The lowest BCUT2D eigenvalue weighted by molar-refractivity contribution is -0.00767. The highest BCUT2D eigenvalue weighted by molar-refractivity contribution is 6.30. The molecule has 0 spiro atoms. The predicted octanol–water partition coefficient (Wildman–Crippen LogP) is 3.72. The molecule has 0 unspecified atom stereocenters. The monoisotopic (exact) mass is 263 g/mol. The average Bonchev–Trinajstić information content (AvgIpc) is 2.40. The van der Waals surface area contributed by atoms with Crippen LogP contribution in [0.2, 0.25) is 5.02 Å². The molecule has 18 heavy (non-hydrogen) atoms. The molecular weight excluding hydrogens is 250 g/mol. The van der Waals surface area contributed by atoms with E-state index in [0.717, 1.165) is 19.3 Å². The Labute approximate surface area is 111 Å². The summed E-state index contributed by atoms with van der Waals surface area (Å²) < 4.78 is 5.41. The number of hydrogen-bond acceptors (Lipinski definition) is 3. The Hall–Kier alpha value is -1.53. The molecule has 0 bridgehead atoms. The third-order valence-electron chi connectivity index (χ3n) is 3.23. The fourth-order valence-corrected chi connectivity index (χ4v) is 2.31. The lowest BCUT2D eigenvalue weighted by atomic mass is 9.86. The minimum absolute atomic E-state index is 0.430. The third kappa shape index (κ3) is 2.83. The topological polar surface area (TPSA) is 50.1 Å². The summed E-state index contributed by atoms with van der Waals surface area (Å²) in [6, 6.07) is 8.65. The minimum Gasteiger partial charge on any atom is -0.440 e. The predicted molar refractivity (Wildman–Crippen MR) is 68.3 cm³/mol. The summed E-state index contributed by atoms with van der Waals surface area (Å²) in [6.07, 6.45) is 4.22. The molecule has 94 valence electrons. The van der Waals surface area contributed by atoms with Gasteiger partial charge in [-0.25, -0.2) is 4.79 Å². The summed E-state index contributed by atoms with van der Waals surface area (Å²) in [5, 5.41) is 9.80. The number of carbonyl (C=O) groups is 1. The van der Waals surface area contributed by atoms with Gasteiger partial charge in [-0.05, 0) is 37.1 Å². The lowest BCUT2D eigenvalue weighted by Crippen LogP contribution is -2.35. The first-order valence-electron chi connectivity index (χ1n) is 6.05. The van der Waals surface area contributed by atoms with Gasteiger partial charge >= 0.3 is 5.97 Å². The van der Waals surface area contributed by atoms with Crippen molar-refractivity contribution in [3.8, 4) is 6.07 Å². The maximum atomic E-state index is 12.0. The van der Waals surface area contributed by atoms with Crippen molar-refractivity contribution in [1.82, 2.24) is 0 Å². The van der Waals surface area contributed by atoms with Gasteiger partial charge in [-0.3, -0.25) is 0 Å². The first-order chi connectivity index (χ1) is 8.65. The van der Waals surface area contributed by atoms with Crippen LogP contribution < -0.4 is 0 Å². The van der Waals surface area contributed by atoms with Crippen molar-refractivity contribution >= 4 is 17.6 Å². The van der Waals surface area contributed by atoms with Gasteiger partial charge in [-0.2, -0.15) is 5.26 Å². The number of hydrogen-bond donors (Lipinski definition) is 0. The van der Waals surface area contributed by atoms with Gasteiger partial charge in [0.05, 0.1) is 5.56 Å². The van der Waals surface area contributed by atoms with E-state index in [0.29, 0.717) is 23.4 Å². The van der Waals surface area contributed by atoms with Crippen molar-refractivity contribution in [3.63, 3.8) is 0 Å². The molecule has 1 aromatic carbocycles. The molecule has 1 aromatic rings. The van der Waals surface area contributed by atoms with Crippen LogP contribution in [0.4, 0.5) is 0 Å². The lowest BCUT2D eigenvalue weighted by Gasteiger charge is -2.30. The molecule has 0 aliphatic heterocycles. The Morgan fingerprint density at radius 3 is 2.39 bits per heavy atom. The van der Waals surface area contributed by atoms with E-state index >= 15 is 0 Å². The fraction of sp³-hybridized carbons (Fsp3) is 0.429. The quantitative estimate of drug-likeness (QED) is 0.764. The second kappa shape index (κ2) is 5.41. The number of nitriles is 1. The van der Waals surface area contributed by atoms with Gasteiger partial charge in [-0.15, -0.1) is 0 Å². The molecule has 0 atom stereocenters. The van der Waals surface area contributed by atoms with Crippen LogP contribution in [0.25, 0.3) is 0 Å². The summed E-state index contributed by atoms with van der Waals surface area (Å²) in [5.74, 6) is -0.449. The van der Waals surface area contributed by atoms with Gasteiger partial charge < -0.3 is 4.74 Å². The van der Waals surface area contributed by atoms with Crippen LogP contribution in [0.15, 0.2) is 24.3 Å². The zero-order valence-electron chi connectivity index (χ0n) is 9.99. The second-order valence-corrected chi connectivity index (χ2v) is 5.00. The van der Waals surface area contributed by atoms with Gasteiger partial charge in [0.25, 0.3) is 0 Å². The van der Waals surface area contributed by atoms with E-state index in [1.165, 1.54) is 0 Å². The van der Waals surface area contributed by atoms with Crippen molar-refractivity contribution in [1.29, 1.82) is 5.26 Å². The number of rotatable bonds is 2. The highest BCUT2D eigenvalue weighted by Crippen LogP contribution is 2.31. The molecule has 1 aliphatic carbocycles. The Morgan fingerprint density at radius 2 is 1.83 bits per heavy atom. The van der Waals surface area contributed by atoms with Crippen LogP contribution >= 0.6 is 11.6 Å². The molecular formula is C14H14ClNO2. The van der Waals surface area contributed by atoms with Crippen molar-refractivity contribution in [2.45, 2.75) is 37.7 Å². The first kappa shape index (κ1) is 12.9. The largest absolute Gasteiger partial charge is 0.440 e. The molecule has 2 rings (SSSR count). The zero-order valence-corrected chi connectivity index (χ0v) is 10.7. The number of ether oxygens (including phenoxy) is 1. The van der Waals surface area contributed by atoms with Gasteiger partial charge in [0.2, 0.25) is 0 Å². The molecule has 4 heteroatoms. The minimum atomic E-state index is -0.936. The summed E-state index contributed by atoms with van der Waals surface area (Å²) >= 11 is 5.76. The van der Waals surface area contributed by atoms with Crippen LogP contribution in [-0.4, -0.2) is 11.6 Å². The maximum absolute atomic E-state index is 12.0. The van der Waals surface area contributed by atoms with E-state index < -0.39 is 11.6 Å². The summed E-state index contributed by atoms with van der Waals surface area (Å²) in [5.41, 5.74) is -0.505. The Morgan fingerprint density at radius 1 is 1.22 bits per heavy atom. The zero-order chi connectivity index (χ0) is 13.0. The van der Waals surface area contributed by atoms with Crippen molar-refractivity contribution < 1.29 is 9.53 Å². The van der Waals surface area contributed by atoms with Crippen LogP contribution in [0.5, 0.6) is 0 Å². The van der Waals surface area contributed by atoms with E-state index in [2.05, 4.69) is 6.07 Å². The average molecular weight is 264 g/mol. The molecule has 0 heterocycles. The number of nitrogens with zero attached hydrogens (tertiary/aromatic N) is 1. The maximum Gasteiger partial charge on any atom is 0.339 e. The van der Waals surface area contributed by atoms with E-state index in [1.807, 2.05) is 0 Å². The molecule has 0 aromatic heterocycles. The summed E-state index contributed by atoms with van der Waals surface area (Å²) in [7, 11) is 0. The fourth-order valence-electron chi connectivity index (χ4n) is 2.18. The molecule has 1 saturated carbocycles. The first-order valence-corrected chi connectivity index (χ1v) is 6.43. The van der Waals surface area contributed by atoms with Crippen LogP contribution in [0.3, 0.4) is 0 Å². The number of halogens is 1. The van der Waals surface area contributed by atoms with Crippen LogP contribution in [0, 0.1) is 11.3 Å². The second-order valence-electron chi connectivity index (χ2n) is 4.56. The Kier molecular flexibility index (Phi) is 3.88. The number of benzene rings is 1. The van der Waals surface area contributed by atoms with E-state index in [9.17, 15) is 10.1 Å². The van der Waals surface area contributed by atoms with E-state index in [-0.39, 0.29) is 0 Å². The third-order valence-corrected chi connectivity index (χ3v) is 3.48. The van der Waals surface area contributed by atoms with E-state index in [4.69, 9.17) is 16.3 Å². The SMILES string of the molecule is N#CC1(OC(=O)c2ccc(Cl)cc2)CCCCC1. The van der Waals surface area contributed by atoms with Crippen molar-refractivity contribution in [3.05, 3.63) is 34.9 Å². The van der Waals surface area contributed by atoms with Gasteiger partial charge in [-0.1, -0.05) is 18.0 Å². The van der Waals surface area contributed by atoms with Gasteiger partial charge in [0, 0.05) is 17.9 Å². The van der Waals surface area contributed by atoms with Crippen molar-refractivity contribution in [2.24, 2.45) is 0 Å². The highest BCUT2D eigenvalue weighted by atomic mass is 35.5. The molecule has 0 N–H and O–H groups in total. The standard InChI is InChI=1S/C14H14ClNO2/c15-12-6-4-11(5-7-12)13(17)18-14(10-16)8-2-1-3-9-14/h4-7H,1-3,8-9H2. The van der Waals surface area contributed by atoms with Gasteiger partial charge in [0.1, 0.15) is 6.07 Å². The molecule has 0 saturated heterocycles. The smallest absolute Gasteiger partial charge is 0.339 e. The molecule has 0 amide bonds. The summed E-state index contributed by atoms with van der Waals surface area (Å²) in [6.45, 7) is 0. The molecule has 1 aliphatic rings. The Balaban J connectivity index is 2.10. The summed E-state index contributed by atoms with van der Waals surface area (Å²) in [4.78, 5) is 12.0. The normalized spacial score (nSPS) is 17.8.